The molecule has 0 amide bonds. The summed E-state index contributed by atoms with van der Waals surface area (Å²) in [5.41, 5.74) is 2.20. The van der Waals surface area contributed by atoms with Gasteiger partial charge in [0.1, 0.15) is 5.75 Å². The summed E-state index contributed by atoms with van der Waals surface area (Å²) in [5.74, 6) is 0.915. The number of rotatable bonds is 5. The lowest BCUT2D eigenvalue weighted by molar-refractivity contribution is 0.401. The summed E-state index contributed by atoms with van der Waals surface area (Å²) in [6.45, 7) is 2.88. The predicted octanol–water partition coefficient (Wildman–Crippen LogP) is 2.28. The van der Waals surface area contributed by atoms with Crippen molar-refractivity contribution < 1.29 is 4.74 Å². The average Bonchev–Trinajstić information content (AvgIpc) is 2.81. The molecule has 0 aliphatic carbocycles. The first-order chi connectivity index (χ1) is 8.70. The Labute approximate surface area is 108 Å². The summed E-state index contributed by atoms with van der Waals surface area (Å²) in [7, 11) is 3.62. The largest absolute Gasteiger partial charge is 0.496 e. The zero-order chi connectivity index (χ0) is 13.0. The molecule has 0 aliphatic rings. The van der Waals surface area contributed by atoms with Crippen LogP contribution < -0.4 is 10.1 Å². The van der Waals surface area contributed by atoms with Gasteiger partial charge in [0.05, 0.1) is 12.8 Å². The Bertz CT molecular complexity index is 507. The molecule has 0 saturated carbocycles. The fourth-order valence-corrected chi connectivity index (χ4v) is 1.95. The lowest BCUT2D eigenvalue weighted by Gasteiger charge is -2.16. The predicted molar refractivity (Wildman–Crippen MR) is 71.5 cm³/mol. The number of hydrogen-bond acceptors (Lipinski definition) is 3. The highest BCUT2D eigenvalue weighted by atomic mass is 16.5. The molecule has 0 saturated heterocycles. The number of methoxy groups -OCH3 is 1. The van der Waals surface area contributed by atoms with Crippen LogP contribution in [0.3, 0.4) is 0 Å². The number of benzene rings is 1. The van der Waals surface area contributed by atoms with Gasteiger partial charge in [0.15, 0.2) is 0 Å². The maximum atomic E-state index is 5.36. The molecule has 1 atom stereocenters. The molecule has 0 radical (unpaired) electrons. The van der Waals surface area contributed by atoms with Gasteiger partial charge in [0, 0.05) is 31.4 Å². The molecule has 4 nitrogen and oxygen atoms in total. The molecule has 1 heterocycles. The monoisotopic (exact) mass is 245 g/mol. The molecule has 0 unspecified atom stereocenters. The minimum atomic E-state index is 0.225. The van der Waals surface area contributed by atoms with E-state index in [9.17, 15) is 0 Å². The van der Waals surface area contributed by atoms with Gasteiger partial charge in [-0.05, 0) is 19.1 Å². The van der Waals surface area contributed by atoms with Crippen LogP contribution in [0, 0.1) is 0 Å². The van der Waals surface area contributed by atoms with Crippen molar-refractivity contribution in [3.8, 4) is 5.75 Å². The molecule has 0 bridgehead atoms. The van der Waals surface area contributed by atoms with Crippen LogP contribution in [0.4, 0.5) is 0 Å². The van der Waals surface area contributed by atoms with E-state index in [0.29, 0.717) is 0 Å². The second-order valence-corrected chi connectivity index (χ2v) is 4.33. The van der Waals surface area contributed by atoms with Crippen molar-refractivity contribution in [1.82, 2.24) is 15.1 Å². The van der Waals surface area contributed by atoms with Gasteiger partial charge in [0.2, 0.25) is 0 Å². The molecule has 2 rings (SSSR count). The van der Waals surface area contributed by atoms with Crippen molar-refractivity contribution in [3.05, 3.63) is 47.8 Å². The Morgan fingerprint density at radius 2 is 2.11 bits per heavy atom. The van der Waals surface area contributed by atoms with Gasteiger partial charge in [-0.3, -0.25) is 4.68 Å². The Hall–Kier alpha value is -1.81. The lowest BCUT2D eigenvalue weighted by atomic mass is 10.1. The van der Waals surface area contributed by atoms with Gasteiger partial charge in [-0.15, -0.1) is 0 Å². The molecule has 96 valence electrons. The number of aryl methyl sites for hydroxylation is 1. The topological polar surface area (TPSA) is 39.1 Å². The van der Waals surface area contributed by atoms with E-state index in [-0.39, 0.29) is 6.04 Å². The SMILES string of the molecule is COc1ccccc1[C@@H](C)NCc1ccn(C)n1. The second-order valence-electron chi connectivity index (χ2n) is 4.33. The van der Waals surface area contributed by atoms with Gasteiger partial charge in [-0.1, -0.05) is 18.2 Å². The van der Waals surface area contributed by atoms with E-state index in [2.05, 4.69) is 23.4 Å². The maximum absolute atomic E-state index is 5.36. The minimum absolute atomic E-state index is 0.225. The summed E-state index contributed by atoms with van der Waals surface area (Å²) in [5, 5.41) is 7.79. The summed E-state index contributed by atoms with van der Waals surface area (Å²) >= 11 is 0. The van der Waals surface area contributed by atoms with Crippen LogP contribution in [0.1, 0.15) is 24.2 Å². The molecule has 0 fully saturated rings. The second kappa shape index (κ2) is 5.69. The van der Waals surface area contributed by atoms with Gasteiger partial charge >= 0.3 is 0 Å². The number of hydrogen-bond donors (Lipinski definition) is 1. The molecule has 0 aliphatic heterocycles. The first-order valence-corrected chi connectivity index (χ1v) is 6.05. The zero-order valence-corrected chi connectivity index (χ0v) is 11.1. The van der Waals surface area contributed by atoms with E-state index >= 15 is 0 Å². The highest BCUT2D eigenvalue weighted by Gasteiger charge is 2.10. The smallest absolute Gasteiger partial charge is 0.123 e. The summed E-state index contributed by atoms with van der Waals surface area (Å²) < 4.78 is 7.17. The summed E-state index contributed by atoms with van der Waals surface area (Å²) in [4.78, 5) is 0. The molecule has 0 spiro atoms. The molecular formula is C14H19N3O. The first kappa shape index (κ1) is 12.6. The molecular weight excluding hydrogens is 226 g/mol. The number of ether oxygens (including phenoxy) is 1. The van der Waals surface area contributed by atoms with Crippen LogP contribution in [0.15, 0.2) is 36.5 Å². The Kier molecular flexibility index (Phi) is 3.99. The summed E-state index contributed by atoms with van der Waals surface area (Å²) in [6, 6.07) is 10.3. The van der Waals surface area contributed by atoms with E-state index in [1.165, 1.54) is 0 Å². The third-order valence-corrected chi connectivity index (χ3v) is 2.96. The van der Waals surface area contributed by atoms with Gasteiger partial charge in [0.25, 0.3) is 0 Å². The third-order valence-electron chi connectivity index (χ3n) is 2.96. The van der Waals surface area contributed by atoms with Crippen LogP contribution in [0.2, 0.25) is 0 Å². The van der Waals surface area contributed by atoms with E-state index < -0.39 is 0 Å². The number of aromatic nitrogens is 2. The molecule has 2 aromatic rings. The van der Waals surface area contributed by atoms with Gasteiger partial charge < -0.3 is 10.1 Å². The standard InChI is InChI=1S/C14H19N3O/c1-11(13-6-4-5-7-14(13)18-3)15-10-12-8-9-17(2)16-12/h4-9,11,15H,10H2,1-3H3/t11-/m1/s1. The Morgan fingerprint density at radius 3 is 2.78 bits per heavy atom. The van der Waals surface area contributed by atoms with E-state index in [1.807, 2.05) is 42.2 Å². The van der Waals surface area contributed by atoms with Crippen LogP contribution in [0.5, 0.6) is 5.75 Å². The van der Waals surface area contributed by atoms with Gasteiger partial charge in [-0.2, -0.15) is 5.10 Å². The van der Waals surface area contributed by atoms with Crippen molar-refractivity contribution in [1.29, 1.82) is 0 Å². The summed E-state index contributed by atoms with van der Waals surface area (Å²) in [6.07, 6.45) is 1.95. The van der Waals surface area contributed by atoms with Crippen LogP contribution in [-0.2, 0) is 13.6 Å². The third kappa shape index (κ3) is 2.90. The lowest BCUT2D eigenvalue weighted by Crippen LogP contribution is -2.19. The Balaban J connectivity index is 2.01. The highest BCUT2D eigenvalue weighted by molar-refractivity contribution is 5.35. The van der Waals surface area contributed by atoms with Crippen LogP contribution >= 0.6 is 0 Å². The van der Waals surface area contributed by atoms with E-state index in [1.54, 1.807) is 7.11 Å². The van der Waals surface area contributed by atoms with Crippen LogP contribution in [-0.4, -0.2) is 16.9 Å². The molecule has 18 heavy (non-hydrogen) atoms. The quantitative estimate of drug-likeness (QED) is 0.878. The number of nitrogens with zero attached hydrogens (tertiary/aromatic N) is 2. The van der Waals surface area contributed by atoms with Crippen molar-refractivity contribution in [2.75, 3.05) is 7.11 Å². The molecule has 4 heteroatoms. The highest BCUT2D eigenvalue weighted by Crippen LogP contribution is 2.24. The van der Waals surface area contributed by atoms with Crippen molar-refractivity contribution in [3.63, 3.8) is 0 Å². The first-order valence-electron chi connectivity index (χ1n) is 6.05. The van der Waals surface area contributed by atoms with Gasteiger partial charge in [-0.25, -0.2) is 0 Å². The normalized spacial score (nSPS) is 12.4. The van der Waals surface area contributed by atoms with Crippen molar-refractivity contribution in [2.24, 2.45) is 7.05 Å². The van der Waals surface area contributed by atoms with E-state index in [4.69, 9.17) is 4.74 Å². The minimum Gasteiger partial charge on any atom is -0.496 e. The Morgan fingerprint density at radius 1 is 1.33 bits per heavy atom. The van der Waals surface area contributed by atoms with E-state index in [0.717, 1.165) is 23.6 Å². The molecule has 1 aromatic carbocycles. The number of nitrogens with one attached hydrogen (secondary N) is 1. The fourth-order valence-electron chi connectivity index (χ4n) is 1.95. The zero-order valence-electron chi connectivity index (χ0n) is 11.1. The molecule has 1 aromatic heterocycles. The average molecular weight is 245 g/mol. The molecule has 1 N–H and O–H groups in total. The maximum Gasteiger partial charge on any atom is 0.123 e. The van der Waals surface area contributed by atoms with Crippen LogP contribution in [0.25, 0.3) is 0 Å². The number of para-hydroxylation sites is 1. The van der Waals surface area contributed by atoms with Crippen molar-refractivity contribution >= 4 is 0 Å². The van der Waals surface area contributed by atoms with Crippen molar-refractivity contribution in [2.45, 2.75) is 19.5 Å². The fraction of sp³-hybridized carbons (Fsp3) is 0.357.